The summed E-state index contributed by atoms with van der Waals surface area (Å²) >= 11 is 0. The number of nitrogens with zero attached hydrogens (tertiary/aromatic N) is 2. The molecule has 88 valence electrons. The molecule has 0 saturated heterocycles. The molecule has 0 bridgehead atoms. The number of nitrogens with one attached hydrogen (secondary N) is 2. The van der Waals surface area contributed by atoms with E-state index in [1.807, 2.05) is 36.4 Å². The second-order valence-electron chi connectivity index (χ2n) is 3.62. The van der Waals surface area contributed by atoms with Crippen LogP contribution in [0.15, 0.2) is 36.4 Å². The highest BCUT2D eigenvalue weighted by molar-refractivity contribution is 5.90. The third-order valence-corrected chi connectivity index (χ3v) is 2.51. The molecule has 2 rings (SSSR count). The van der Waals surface area contributed by atoms with Gasteiger partial charge in [0.05, 0.1) is 5.69 Å². The fourth-order valence-corrected chi connectivity index (χ4v) is 1.52. The van der Waals surface area contributed by atoms with Gasteiger partial charge in [-0.3, -0.25) is 10.00 Å². The second kappa shape index (κ2) is 4.69. The first kappa shape index (κ1) is 11.2. The van der Waals surface area contributed by atoms with Gasteiger partial charge in [-0.15, -0.1) is 0 Å². The SMILES string of the molecule is CNC(=O)N(C)c1cc(-c2ccccc2)[nH]n1. The molecule has 2 aromatic rings. The Bertz CT molecular complexity index is 506. The molecule has 0 aliphatic rings. The molecule has 1 aromatic heterocycles. The molecule has 0 aliphatic heterocycles. The maximum absolute atomic E-state index is 11.4. The number of amides is 2. The average molecular weight is 230 g/mol. The third-order valence-electron chi connectivity index (χ3n) is 2.51. The summed E-state index contributed by atoms with van der Waals surface area (Å²) in [5, 5.41) is 9.56. The Morgan fingerprint density at radius 2 is 2.06 bits per heavy atom. The monoisotopic (exact) mass is 230 g/mol. The Morgan fingerprint density at radius 1 is 1.35 bits per heavy atom. The first-order valence-electron chi connectivity index (χ1n) is 5.28. The molecule has 2 amide bonds. The second-order valence-corrected chi connectivity index (χ2v) is 3.62. The number of aromatic amines is 1. The number of benzene rings is 1. The van der Waals surface area contributed by atoms with Crippen molar-refractivity contribution in [3.8, 4) is 11.3 Å². The molecular formula is C12H14N4O. The van der Waals surface area contributed by atoms with Crippen LogP contribution in [0.4, 0.5) is 10.6 Å². The van der Waals surface area contributed by atoms with E-state index in [0.717, 1.165) is 11.3 Å². The Kier molecular flexibility index (Phi) is 3.09. The maximum Gasteiger partial charge on any atom is 0.322 e. The van der Waals surface area contributed by atoms with E-state index >= 15 is 0 Å². The van der Waals surface area contributed by atoms with E-state index in [4.69, 9.17) is 0 Å². The molecule has 2 N–H and O–H groups in total. The molecule has 0 aliphatic carbocycles. The Morgan fingerprint density at radius 3 is 2.71 bits per heavy atom. The highest BCUT2D eigenvalue weighted by Gasteiger charge is 2.12. The number of carbonyl (C=O) groups excluding carboxylic acids is 1. The smallest absolute Gasteiger partial charge is 0.322 e. The van der Waals surface area contributed by atoms with Gasteiger partial charge < -0.3 is 5.32 Å². The molecule has 0 spiro atoms. The summed E-state index contributed by atoms with van der Waals surface area (Å²) in [4.78, 5) is 12.9. The fourth-order valence-electron chi connectivity index (χ4n) is 1.52. The summed E-state index contributed by atoms with van der Waals surface area (Å²) in [6.07, 6.45) is 0. The van der Waals surface area contributed by atoms with E-state index in [9.17, 15) is 4.79 Å². The first-order chi connectivity index (χ1) is 8.22. The fraction of sp³-hybridized carbons (Fsp3) is 0.167. The van der Waals surface area contributed by atoms with E-state index < -0.39 is 0 Å². The number of hydrogen-bond donors (Lipinski definition) is 2. The van der Waals surface area contributed by atoms with Crippen molar-refractivity contribution in [1.82, 2.24) is 15.5 Å². The van der Waals surface area contributed by atoms with Crippen LogP contribution < -0.4 is 10.2 Å². The lowest BCUT2D eigenvalue weighted by Crippen LogP contribution is -2.34. The zero-order valence-electron chi connectivity index (χ0n) is 9.77. The standard InChI is InChI=1S/C12H14N4O/c1-13-12(17)16(2)11-8-10(14-15-11)9-6-4-3-5-7-9/h3-8H,1-2H3,(H,13,17)(H,14,15). The molecule has 1 aromatic carbocycles. The van der Waals surface area contributed by atoms with E-state index in [2.05, 4.69) is 15.5 Å². The van der Waals surface area contributed by atoms with E-state index in [0.29, 0.717) is 5.82 Å². The highest BCUT2D eigenvalue weighted by Crippen LogP contribution is 2.20. The molecular weight excluding hydrogens is 216 g/mol. The number of hydrogen-bond acceptors (Lipinski definition) is 2. The number of urea groups is 1. The molecule has 0 unspecified atom stereocenters. The minimum Gasteiger partial charge on any atom is -0.341 e. The number of anilines is 1. The average Bonchev–Trinajstić information content (AvgIpc) is 2.87. The quantitative estimate of drug-likeness (QED) is 0.827. The number of aromatic nitrogens is 2. The Hall–Kier alpha value is -2.30. The van der Waals surface area contributed by atoms with Crippen molar-refractivity contribution < 1.29 is 4.79 Å². The maximum atomic E-state index is 11.4. The lowest BCUT2D eigenvalue weighted by Gasteiger charge is -2.12. The van der Waals surface area contributed by atoms with Gasteiger partial charge in [-0.2, -0.15) is 5.10 Å². The van der Waals surface area contributed by atoms with Crippen LogP contribution in [0.2, 0.25) is 0 Å². The molecule has 17 heavy (non-hydrogen) atoms. The van der Waals surface area contributed by atoms with Gasteiger partial charge in [0.2, 0.25) is 0 Å². The third kappa shape index (κ3) is 2.28. The zero-order chi connectivity index (χ0) is 12.3. The lowest BCUT2D eigenvalue weighted by atomic mass is 10.1. The molecule has 5 nitrogen and oxygen atoms in total. The Balaban J connectivity index is 2.25. The van der Waals surface area contributed by atoms with Crippen LogP contribution >= 0.6 is 0 Å². The molecule has 0 atom stereocenters. The molecule has 0 radical (unpaired) electrons. The van der Waals surface area contributed by atoms with Gasteiger partial charge in [0.25, 0.3) is 0 Å². The van der Waals surface area contributed by atoms with Crippen LogP contribution in [0.1, 0.15) is 0 Å². The van der Waals surface area contributed by atoms with E-state index in [1.165, 1.54) is 4.90 Å². The summed E-state index contributed by atoms with van der Waals surface area (Å²) < 4.78 is 0. The van der Waals surface area contributed by atoms with Gasteiger partial charge in [0.15, 0.2) is 5.82 Å². The number of carbonyl (C=O) groups is 1. The van der Waals surface area contributed by atoms with Gasteiger partial charge in [-0.25, -0.2) is 4.79 Å². The van der Waals surface area contributed by atoms with Crippen LogP contribution in [0.3, 0.4) is 0 Å². The summed E-state index contributed by atoms with van der Waals surface area (Å²) in [6.45, 7) is 0. The lowest BCUT2D eigenvalue weighted by molar-refractivity contribution is 0.249. The van der Waals surface area contributed by atoms with Crippen molar-refractivity contribution >= 4 is 11.8 Å². The van der Waals surface area contributed by atoms with Crippen LogP contribution in [-0.2, 0) is 0 Å². The van der Waals surface area contributed by atoms with Crippen molar-refractivity contribution in [1.29, 1.82) is 0 Å². The molecule has 1 heterocycles. The van der Waals surface area contributed by atoms with Crippen LogP contribution in [0.5, 0.6) is 0 Å². The molecule has 0 saturated carbocycles. The normalized spacial score (nSPS) is 10.0. The molecule has 5 heteroatoms. The summed E-state index contributed by atoms with van der Waals surface area (Å²) in [5.41, 5.74) is 1.92. The zero-order valence-corrected chi connectivity index (χ0v) is 9.77. The van der Waals surface area contributed by atoms with Gasteiger partial charge in [0, 0.05) is 20.2 Å². The van der Waals surface area contributed by atoms with Crippen LogP contribution in [0.25, 0.3) is 11.3 Å². The predicted molar refractivity (Wildman–Crippen MR) is 66.9 cm³/mol. The molecule has 0 fully saturated rings. The Labute approximate surface area is 99.5 Å². The van der Waals surface area contributed by atoms with Gasteiger partial charge in [-0.1, -0.05) is 30.3 Å². The minimum atomic E-state index is -0.198. The van der Waals surface area contributed by atoms with E-state index in [1.54, 1.807) is 14.1 Å². The predicted octanol–water partition coefficient (Wildman–Crippen LogP) is 1.85. The summed E-state index contributed by atoms with van der Waals surface area (Å²) in [5.74, 6) is 0.586. The topological polar surface area (TPSA) is 61.0 Å². The highest BCUT2D eigenvalue weighted by atomic mass is 16.2. The van der Waals surface area contributed by atoms with Crippen molar-refractivity contribution in [3.05, 3.63) is 36.4 Å². The van der Waals surface area contributed by atoms with Gasteiger partial charge in [0.1, 0.15) is 0 Å². The van der Waals surface area contributed by atoms with Crippen molar-refractivity contribution in [2.24, 2.45) is 0 Å². The summed E-state index contributed by atoms with van der Waals surface area (Å²) in [6, 6.07) is 11.5. The van der Waals surface area contributed by atoms with Gasteiger partial charge >= 0.3 is 6.03 Å². The van der Waals surface area contributed by atoms with Crippen LogP contribution in [0, 0.1) is 0 Å². The van der Waals surface area contributed by atoms with Crippen LogP contribution in [-0.4, -0.2) is 30.3 Å². The van der Waals surface area contributed by atoms with E-state index in [-0.39, 0.29) is 6.03 Å². The summed E-state index contributed by atoms with van der Waals surface area (Å²) in [7, 11) is 3.26. The number of H-pyrrole nitrogens is 1. The number of rotatable bonds is 2. The van der Waals surface area contributed by atoms with Crippen molar-refractivity contribution in [2.45, 2.75) is 0 Å². The largest absolute Gasteiger partial charge is 0.341 e. The van der Waals surface area contributed by atoms with Crippen molar-refractivity contribution in [3.63, 3.8) is 0 Å². The minimum absolute atomic E-state index is 0.198. The first-order valence-corrected chi connectivity index (χ1v) is 5.28. The van der Waals surface area contributed by atoms with Gasteiger partial charge in [-0.05, 0) is 5.56 Å². The van der Waals surface area contributed by atoms with Crippen molar-refractivity contribution in [2.75, 3.05) is 19.0 Å².